The largest absolute Gasteiger partial charge is 0.264 e. The first-order valence-corrected chi connectivity index (χ1v) is 6.70. The summed E-state index contributed by atoms with van der Waals surface area (Å²) in [7, 11) is -0.650. The fourth-order valence-electron chi connectivity index (χ4n) is 1.16. The number of halogens is 2. The van der Waals surface area contributed by atoms with Crippen LogP contribution in [0.15, 0.2) is 0 Å². The van der Waals surface area contributed by atoms with Crippen molar-refractivity contribution in [2.24, 2.45) is 0 Å². The Bertz CT molecular complexity index is 101. The molecule has 0 amide bonds. The van der Waals surface area contributed by atoms with Gasteiger partial charge in [-0.25, -0.2) is 0 Å². The minimum Gasteiger partial charge on any atom is -0.264 e. The van der Waals surface area contributed by atoms with Gasteiger partial charge in [-0.1, -0.05) is 11.2 Å². The smallest absolute Gasteiger partial charge is 0.0783 e. The van der Waals surface area contributed by atoms with Gasteiger partial charge in [-0.2, -0.15) is 0 Å². The van der Waals surface area contributed by atoms with Crippen molar-refractivity contribution in [2.75, 3.05) is 5.62 Å². The van der Waals surface area contributed by atoms with Gasteiger partial charge in [0.15, 0.2) is 0 Å². The number of rotatable bonds is 4. The van der Waals surface area contributed by atoms with Gasteiger partial charge >= 0.3 is 0 Å². The van der Waals surface area contributed by atoms with Crippen molar-refractivity contribution >= 4 is 30.3 Å². The van der Waals surface area contributed by atoms with Crippen molar-refractivity contribution in [1.82, 2.24) is 4.67 Å². The molecule has 68 valence electrons. The third-order valence-corrected chi connectivity index (χ3v) is 4.96. The normalized spacial score (nSPS) is 15.0. The van der Waals surface area contributed by atoms with Crippen LogP contribution >= 0.6 is 30.3 Å². The fraction of sp³-hybridized carbons (Fsp3) is 1.00. The molecule has 0 bridgehead atoms. The topological polar surface area (TPSA) is 3.24 Å². The van der Waals surface area contributed by atoms with E-state index in [2.05, 4.69) is 32.4 Å². The van der Waals surface area contributed by atoms with E-state index in [0.717, 1.165) is 0 Å². The standard InChI is InChI=1S/C7H16Cl2NP/c1-6(2)10(7(3)4)11(9)5-8/h6-7H,5H2,1-4H3. The summed E-state index contributed by atoms with van der Waals surface area (Å²) >= 11 is 11.8. The molecule has 11 heavy (non-hydrogen) atoms. The van der Waals surface area contributed by atoms with E-state index in [4.69, 9.17) is 22.8 Å². The molecule has 0 aliphatic rings. The molecule has 4 heteroatoms. The first-order valence-electron chi connectivity index (χ1n) is 3.78. The monoisotopic (exact) mass is 215 g/mol. The highest BCUT2D eigenvalue weighted by atomic mass is 35.7. The lowest BCUT2D eigenvalue weighted by Crippen LogP contribution is -2.31. The number of hydrogen-bond donors (Lipinski definition) is 0. The number of hydrogen-bond acceptors (Lipinski definition) is 1. The Hall–Kier alpha value is 0.970. The van der Waals surface area contributed by atoms with E-state index in [1.165, 1.54) is 0 Å². The highest BCUT2D eigenvalue weighted by Gasteiger charge is 2.20. The van der Waals surface area contributed by atoms with E-state index in [1.807, 2.05) is 0 Å². The summed E-state index contributed by atoms with van der Waals surface area (Å²) in [6.45, 7) is 8.57. The van der Waals surface area contributed by atoms with Gasteiger partial charge in [0.2, 0.25) is 0 Å². The Morgan fingerprint density at radius 1 is 1.18 bits per heavy atom. The first kappa shape index (κ1) is 12.0. The van der Waals surface area contributed by atoms with Crippen LogP contribution in [-0.2, 0) is 0 Å². The number of nitrogens with zero attached hydrogens (tertiary/aromatic N) is 1. The van der Waals surface area contributed by atoms with Crippen molar-refractivity contribution in [1.29, 1.82) is 0 Å². The van der Waals surface area contributed by atoms with Crippen molar-refractivity contribution in [3.8, 4) is 0 Å². The third kappa shape index (κ3) is 3.94. The summed E-state index contributed by atoms with van der Waals surface area (Å²) < 4.78 is 2.25. The van der Waals surface area contributed by atoms with E-state index in [9.17, 15) is 0 Å². The second-order valence-corrected chi connectivity index (χ2v) is 6.29. The summed E-state index contributed by atoms with van der Waals surface area (Å²) in [4.78, 5) is 0. The molecule has 0 aromatic rings. The second kappa shape index (κ2) is 5.59. The van der Waals surface area contributed by atoms with Crippen LogP contribution in [0.25, 0.3) is 0 Å². The first-order chi connectivity index (χ1) is 5.00. The number of alkyl halides is 1. The average molecular weight is 216 g/mol. The van der Waals surface area contributed by atoms with E-state index in [1.54, 1.807) is 0 Å². The van der Waals surface area contributed by atoms with Crippen LogP contribution in [0.5, 0.6) is 0 Å². The fourth-order valence-corrected chi connectivity index (χ4v) is 3.70. The molecule has 0 aromatic carbocycles. The SMILES string of the molecule is CC(C)N(C(C)C)P(Cl)CCl. The zero-order chi connectivity index (χ0) is 9.02. The van der Waals surface area contributed by atoms with Crippen LogP contribution < -0.4 is 0 Å². The molecular weight excluding hydrogens is 200 g/mol. The van der Waals surface area contributed by atoms with Gasteiger partial charge in [-0.05, 0) is 27.7 Å². The van der Waals surface area contributed by atoms with Crippen molar-refractivity contribution in [2.45, 2.75) is 39.8 Å². The predicted octanol–water partition coefficient (Wildman–Crippen LogP) is 3.85. The molecule has 1 atom stereocenters. The lowest BCUT2D eigenvalue weighted by atomic mass is 10.3. The molecule has 0 heterocycles. The molecule has 0 radical (unpaired) electrons. The van der Waals surface area contributed by atoms with E-state index in [0.29, 0.717) is 17.7 Å². The van der Waals surface area contributed by atoms with E-state index < -0.39 is 7.43 Å². The molecule has 0 rings (SSSR count). The molecule has 0 spiro atoms. The van der Waals surface area contributed by atoms with E-state index >= 15 is 0 Å². The maximum atomic E-state index is 6.08. The molecule has 0 aliphatic heterocycles. The Labute approximate surface area is 80.6 Å². The maximum Gasteiger partial charge on any atom is 0.0783 e. The van der Waals surface area contributed by atoms with Crippen molar-refractivity contribution < 1.29 is 0 Å². The molecule has 1 nitrogen and oxygen atoms in total. The molecular formula is C7H16Cl2NP. The van der Waals surface area contributed by atoms with Crippen LogP contribution in [-0.4, -0.2) is 22.4 Å². The summed E-state index contributed by atoms with van der Waals surface area (Å²) in [5, 5.41) is 0. The Kier molecular flexibility index (Phi) is 6.08. The van der Waals surface area contributed by atoms with Crippen molar-refractivity contribution in [3.05, 3.63) is 0 Å². The van der Waals surface area contributed by atoms with Crippen LogP contribution in [0.3, 0.4) is 0 Å². The predicted molar refractivity (Wildman–Crippen MR) is 55.6 cm³/mol. The molecule has 0 N–H and O–H groups in total. The van der Waals surface area contributed by atoms with Gasteiger partial charge < -0.3 is 0 Å². The molecule has 0 aromatic heterocycles. The van der Waals surface area contributed by atoms with Crippen LogP contribution in [0.1, 0.15) is 27.7 Å². The Balaban J connectivity index is 4.09. The Morgan fingerprint density at radius 2 is 1.55 bits per heavy atom. The third-order valence-electron chi connectivity index (χ3n) is 1.41. The van der Waals surface area contributed by atoms with Gasteiger partial charge in [0.1, 0.15) is 0 Å². The van der Waals surface area contributed by atoms with Gasteiger partial charge in [-0.15, -0.1) is 11.6 Å². The van der Waals surface area contributed by atoms with Crippen LogP contribution in [0, 0.1) is 0 Å². The van der Waals surface area contributed by atoms with Crippen LogP contribution in [0.2, 0.25) is 0 Å². The summed E-state index contributed by atoms with van der Waals surface area (Å²) in [5.74, 6) is 0. The molecule has 0 saturated carbocycles. The quantitative estimate of drug-likeness (QED) is 0.509. The second-order valence-electron chi connectivity index (χ2n) is 3.02. The van der Waals surface area contributed by atoms with E-state index in [-0.39, 0.29) is 0 Å². The van der Waals surface area contributed by atoms with Gasteiger partial charge in [0.25, 0.3) is 0 Å². The van der Waals surface area contributed by atoms with Gasteiger partial charge in [0.05, 0.1) is 13.0 Å². The van der Waals surface area contributed by atoms with Gasteiger partial charge in [0, 0.05) is 12.1 Å². The minimum atomic E-state index is -0.650. The van der Waals surface area contributed by atoms with Crippen molar-refractivity contribution in [3.63, 3.8) is 0 Å². The lowest BCUT2D eigenvalue weighted by Gasteiger charge is -2.33. The summed E-state index contributed by atoms with van der Waals surface area (Å²) in [6.07, 6.45) is 0. The van der Waals surface area contributed by atoms with Crippen LogP contribution in [0.4, 0.5) is 0 Å². The molecule has 0 aliphatic carbocycles. The zero-order valence-corrected chi connectivity index (χ0v) is 9.92. The summed E-state index contributed by atoms with van der Waals surface area (Å²) in [6, 6.07) is 0.967. The zero-order valence-electron chi connectivity index (χ0n) is 7.51. The average Bonchev–Trinajstić information content (AvgIpc) is 1.85. The molecule has 0 saturated heterocycles. The van der Waals surface area contributed by atoms with Gasteiger partial charge in [-0.3, -0.25) is 4.67 Å². The summed E-state index contributed by atoms with van der Waals surface area (Å²) in [5.41, 5.74) is 0.549. The highest BCUT2D eigenvalue weighted by Crippen LogP contribution is 2.48. The Morgan fingerprint density at radius 3 is 1.64 bits per heavy atom. The molecule has 0 fully saturated rings. The molecule has 1 unspecified atom stereocenters. The highest BCUT2D eigenvalue weighted by molar-refractivity contribution is 7.83. The maximum absolute atomic E-state index is 6.08. The minimum absolute atomic E-state index is 0.484. The lowest BCUT2D eigenvalue weighted by molar-refractivity contribution is 0.327.